The van der Waals surface area contributed by atoms with Crippen LogP contribution in [0.2, 0.25) is 0 Å². The molecule has 1 amide bonds. The molecule has 0 radical (unpaired) electrons. The monoisotopic (exact) mass is 313 g/mol. The number of hydrogen-bond acceptors (Lipinski definition) is 3. The minimum atomic E-state index is 0.0643. The molecule has 0 aromatic heterocycles. The Morgan fingerprint density at radius 3 is 2.88 bits per heavy atom. The van der Waals surface area contributed by atoms with Crippen LogP contribution in [-0.4, -0.2) is 24.5 Å². The van der Waals surface area contributed by atoms with Gasteiger partial charge in [-0.25, -0.2) is 0 Å². The molecule has 0 saturated carbocycles. The van der Waals surface area contributed by atoms with E-state index in [0.717, 1.165) is 10.8 Å². The van der Waals surface area contributed by atoms with Crippen molar-refractivity contribution in [2.24, 2.45) is 5.92 Å². The van der Waals surface area contributed by atoms with Crippen LogP contribution in [0.1, 0.15) is 16.8 Å². The lowest BCUT2D eigenvalue weighted by molar-refractivity contribution is -0.117. The second kappa shape index (κ2) is 5.23. The summed E-state index contributed by atoms with van der Waals surface area (Å²) in [6, 6.07) is 5.36. The molecule has 17 heavy (non-hydrogen) atoms. The average Bonchev–Trinajstić information content (AvgIpc) is 2.70. The first kappa shape index (κ1) is 12.6. The summed E-state index contributed by atoms with van der Waals surface area (Å²) in [5.74, 6) is 1.03. The molecule has 1 aromatic carbocycles. The molecule has 0 N–H and O–H groups in total. The minimum absolute atomic E-state index is 0.0643. The smallest absolute Gasteiger partial charge is 0.227 e. The molecule has 0 aliphatic carbocycles. The van der Waals surface area contributed by atoms with Gasteiger partial charge in [-0.05, 0) is 29.9 Å². The van der Waals surface area contributed by atoms with Crippen molar-refractivity contribution in [2.75, 3.05) is 17.2 Å². The second-order valence-electron chi connectivity index (χ2n) is 4.08. The van der Waals surface area contributed by atoms with E-state index < -0.39 is 0 Å². The van der Waals surface area contributed by atoms with E-state index in [-0.39, 0.29) is 11.8 Å². The molecule has 1 aliphatic rings. The van der Waals surface area contributed by atoms with E-state index in [1.165, 1.54) is 0 Å². The van der Waals surface area contributed by atoms with E-state index in [1.807, 2.05) is 6.07 Å². The third-order valence-electron chi connectivity index (χ3n) is 2.87. The number of halogens is 1. The van der Waals surface area contributed by atoms with Gasteiger partial charge in [0.05, 0.1) is 5.69 Å². The van der Waals surface area contributed by atoms with Crippen LogP contribution in [0, 0.1) is 5.92 Å². The van der Waals surface area contributed by atoms with Crippen LogP contribution >= 0.6 is 28.6 Å². The summed E-state index contributed by atoms with van der Waals surface area (Å²) >= 11 is 7.53. The molecule has 5 heteroatoms. The molecular formula is C12H12BrNO2S. The molecule has 1 heterocycles. The van der Waals surface area contributed by atoms with Crippen molar-refractivity contribution in [2.45, 2.75) is 6.42 Å². The van der Waals surface area contributed by atoms with Crippen molar-refractivity contribution in [1.82, 2.24) is 0 Å². The number of benzene rings is 1. The summed E-state index contributed by atoms with van der Waals surface area (Å²) in [6.07, 6.45) is 1.29. The number of rotatable bonds is 3. The Morgan fingerprint density at radius 2 is 2.29 bits per heavy atom. The number of carbonyl (C=O) groups excluding carboxylic acids is 2. The van der Waals surface area contributed by atoms with Gasteiger partial charge < -0.3 is 4.90 Å². The Bertz CT molecular complexity index is 464. The molecule has 1 atom stereocenters. The number of anilines is 1. The Balaban J connectivity index is 2.34. The third kappa shape index (κ3) is 2.55. The predicted molar refractivity (Wildman–Crippen MR) is 73.8 cm³/mol. The maximum absolute atomic E-state index is 11.9. The quantitative estimate of drug-likeness (QED) is 0.688. The average molecular weight is 314 g/mol. The molecule has 1 unspecified atom stereocenters. The van der Waals surface area contributed by atoms with Crippen LogP contribution in [0.3, 0.4) is 0 Å². The lowest BCUT2D eigenvalue weighted by Gasteiger charge is -2.18. The van der Waals surface area contributed by atoms with Gasteiger partial charge in [0.2, 0.25) is 5.91 Å². The first-order valence-electron chi connectivity index (χ1n) is 5.31. The lowest BCUT2D eigenvalue weighted by Crippen LogP contribution is -2.25. The molecule has 0 spiro atoms. The maximum atomic E-state index is 11.9. The molecule has 1 saturated heterocycles. The van der Waals surface area contributed by atoms with Crippen molar-refractivity contribution in [3.05, 3.63) is 28.2 Å². The number of thiol groups is 1. The molecular weight excluding hydrogens is 302 g/mol. The van der Waals surface area contributed by atoms with Crippen LogP contribution in [0.15, 0.2) is 22.7 Å². The highest BCUT2D eigenvalue weighted by molar-refractivity contribution is 9.10. The number of carbonyl (C=O) groups is 2. The van der Waals surface area contributed by atoms with Crippen molar-refractivity contribution < 1.29 is 9.59 Å². The number of hydrogen-bond donors (Lipinski definition) is 1. The predicted octanol–water partition coefficient (Wildman–Crippen LogP) is 2.54. The molecule has 90 valence electrons. The Hall–Kier alpha value is -0.810. The Kier molecular flexibility index (Phi) is 3.89. The van der Waals surface area contributed by atoms with Gasteiger partial charge in [0.15, 0.2) is 6.29 Å². The molecule has 2 rings (SSSR count). The van der Waals surface area contributed by atoms with Crippen molar-refractivity contribution >= 4 is 46.4 Å². The highest BCUT2D eigenvalue weighted by Gasteiger charge is 2.30. The van der Waals surface area contributed by atoms with Crippen molar-refractivity contribution in [1.29, 1.82) is 0 Å². The minimum Gasteiger partial charge on any atom is -0.311 e. The topological polar surface area (TPSA) is 37.4 Å². The van der Waals surface area contributed by atoms with Gasteiger partial charge in [0.25, 0.3) is 0 Å². The van der Waals surface area contributed by atoms with Gasteiger partial charge in [-0.3, -0.25) is 9.59 Å². The third-order valence-corrected chi connectivity index (χ3v) is 3.88. The fourth-order valence-corrected chi connectivity index (χ4v) is 2.63. The van der Waals surface area contributed by atoms with Gasteiger partial charge in [0, 0.05) is 23.0 Å². The van der Waals surface area contributed by atoms with Crippen LogP contribution in [0.5, 0.6) is 0 Å². The number of amides is 1. The highest BCUT2D eigenvalue weighted by atomic mass is 79.9. The largest absolute Gasteiger partial charge is 0.311 e. The summed E-state index contributed by atoms with van der Waals surface area (Å²) in [7, 11) is 0. The molecule has 0 bridgehead atoms. The second-order valence-corrected chi connectivity index (χ2v) is 5.36. The summed E-state index contributed by atoms with van der Waals surface area (Å²) in [6.45, 7) is 0.644. The SMILES string of the molecule is O=Cc1cc(Br)ccc1N1CC(CS)CC1=O. The van der Waals surface area contributed by atoms with Gasteiger partial charge in [-0.15, -0.1) is 0 Å². The molecule has 3 nitrogen and oxygen atoms in total. The van der Waals surface area contributed by atoms with E-state index in [9.17, 15) is 9.59 Å². The van der Waals surface area contributed by atoms with Gasteiger partial charge >= 0.3 is 0 Å². The summed E-state index contributed by atoms with van der Waals surface area (Å²) in [5, 5.41) is 0. The first-order valence-corrected chi connectivity index (χ1v) is 6.74. The maximum Gasteiger partial charge on any atom is 0.227 e. The van der Waals surface area contributed by atoms with Crippen molar-refractivity contribution in [3.8, 4) is 0 Å². The zero-order valence-electron chi connectivity index (χ0n) is 9.10. The van der Waals surface area contributed by atoms with Gasteiger partial charge in [-0.2, -0.15) is 12.6 Å². The van der Waals surface area contributed by atoms with E-state index in [2.05, 4.69) is 28.6 Å². The summed E-state index contributed by atoms with van der Waals surface area (Å²) in [4.78, 5) is 24.6. The number of aldehydes is 1. The van der Waals surface area contributed by atoms with E-state index in [0.29, 0.717) is 30.0 Å². The standard InChI is InChI=1S/C12H12BrNO2S/c13-10-1-2-11(9(4-10)6-15)14-5-8(7-17)3-12(14)16/h1-2,4,6,8,17H,3,5,7H2. The van der Waals surface area contributed by atoms with Crippen molar-refractivity contribution in [3.63, 3.8) is 0 Å². The van der Waals surface area contributed by atoms with E-state index >= 15 is 0 Å². The summed E-state index contributed by atoms with van der Waals surface area (Å²) < 4.78 is 0.834. The van der Waals surface area contributed by atoms with Crippen LogP contribution in [0.4, 0.5) is 5.69 Å². The summed E-state index contributed by atoms with van der Waals surface area (Å²) in [5.41, 5.74) is 1.23. The fraction of sp³-hybridized carbons (Fsp3) is 0.333. The molecule has 1 fully saturated rings. The Morgan fingerprint density at radius 1 is 1.53 bits per heavy atom. The molecule has 1 aromatic rings. The zero-order valence-corrected chi connectivity index (χ0v) is 11.6. The van der Waals surface area contributed by atoms with Crippen LogP contribution in [-0.2, 0) is 4.79 Å². The lowest BCUT2D eigenvalue weighted by atomic mass is 10.1. The first-order chi connectivity index (χ1) is 8.15. The van der Waals surface area contributed by atoms with E-state index in [1.54, 1.807) is 17.0 Å². The Labute approximate surface area is 114 Å². The van der Waals surface area contributed by atoms with Crippen LogP contribution in [0.25, 0.3) is 0 Å². The van der Waals surface area contributed by atoms with Gasteiger partial charge in [0.1, 0.15) is 0 Å². The molecule has 1 aliphatic heterocycles. The fourth-order valence-electron chi connectivity index (χ4n) is 2.00. The van der Waals surface area contributed by atoms with Gasteiger partial charge in [-0.1, -0.05) is 15.9 Å². The van der Waals surface area contributed by atoms with E-state index in [4.69, 9.17) is 0 Å². The number of nitrogens with zero attached hydrogens (tertiary/aromatic N) is 1. The highest BCUT2D eigenvalue weighted by Crippen LogP contribution is 2.29. The zero-order chi connectivity index (χ0) is 12.4. The normalized spacial score (nSPS) is 19.8. The van der Waals surface area contributed by atoms with Crippen LogP contribution < -0.4 is 4.90 Å².